The Hall–Kier alpha value is -1.76. The number of hydrogen-bond acceptors (Lipinski definition) is 7. The number of rotatable bonds is 3. The van der Waals surface area contributed by atoms with Gasteiger partial charge in [-0.1, -0.05) is 0 Å². The third kappa shape index (κ3) is 2.37. The average molecular weight is 280 g/mol. The van der Waals surface area contributed by atoms with E-state index >= 15 is 0 Å². The monoisotopic (exact) mass is 280 g/mol. The Balaban J connectivity index is 1.76. The van der Waals surface area contributed by atoms with Crippen molar-refractivity contribution in [2.24, 2.45) is 0 Å². The number of aryl methyl sites for hydroxylation is 1. The molecule has 7 heteroatoms. The van der Waals surface area contributed by atoms with Crippen LogP contribution in [0.5, 0.6) is 0 Å². The van der Waals surface area contributed by atoms with Gasteiger partial charge >= 0.3 is 5.97 Å². The molecule has 0 unspecified atom stereocenters. The average Bonchev–Trinajstić information content (AvgIpc) is 3.02. The topological polar surface area (TPSA) is 78.4 Å². The van der Waals surface area contributed by atoms with E-state index in [9.17, 15) is 4.79 Å². The van der Waals surface area contributed by atoms with Gasteiger partial charge in [-0.3, -0.25) is 4.79 Å². The highest BCUT2D eigenvalue weighted by Gasteiger charge is 2.34. The molecule has 1 aliphatic heterocycles. The quantitative estimate of drug-likeness (QED) is 0.799. The van der Waals surface area contributed by atoms with Gasteiger partial charge in [-0.15, -0.1) is 10.2 Å². The van der Waals surface area contributed by atoms with Gasteiger partial charge in [0.1, 0.15) is 17.1 Å². The summed E-state index contributed by atoms with van der Waals surface area (Å²) in [5.74, 6) is 0.888. The summed E-state index contributed by atoms with van der Waals surface area (Å²) in [4.78, 5) is 11.5. The summed E-state index contributed by atoms with van der Waals surface area (Å²) >= 11 is 1.24. The predicted octanol–water partition coefficient (Wildman–Crippen LogP) is 2.43. The third-order valence-corrected chi connectivity index (χ3v) is 3.90. The second kappa shape index (κ2) is 4.73. The molecule has 0 aliphatic carbocycles. The Morgan fingerprint density at radius 3 is 2.89 bits per heavy atom. The van der Waals surface area contributed by atoms with E-state index in [1.807, 2.05) is 13.8 Å². The molecule has 0 amide bonds. The normalized spacial score (nSPS) is 22.7. The van der Waals surface area contributed by atoms with Crippen LogP contribution in [0, 0.1) is 6.92 Å². The minimum absolute atomic E-state index is 0.0523. The summed E-state index contributed by atoms with van der Waals surface area (Å²) in [6.45, 7) is 3.69. The molecule has 19 heavy (non-hydrogen) atoms. The number of hydrogen-bond donors (Lipinski definition) is 0. The number of ether oxygens (including phenoxy) is 1. The molecule has 1 fully saturated rings. The lowest BCUT2D eigenvalue weighted by molar-refractivity contribution is -0.140. The lowest BCUT2D eigenvalue weighted by Gasteiger charge is -1.98. The van der Waals surface area contributed by atoms with Gasteiger partial charge in [-0.2, -0.15) is 0 Å². The first-order valence-electron chi connectivity index (χ1n) is 5.88. The van der Waals surface area contributed by atoms with Crippen LogP contribution in [0.4, 0.5) is 0 Å². The molecular weight excluding hydrogens is 268 g/mol. The summed E-state index contributed by atoms with van der Waals surface area (Å²) in [5, 5.41) is 7.99. The number of cyclic esters (lactones) is 1. The number of esters is 1. The van der Waals surface area contributed by atoms with Gasteiger partial charge in [0.2, 0.25) is 0 Å². The molecule has 100 valence electrons. The maximum Gasteiger partial charge on any atom is 0.320 e. The van der Waals surface area contributed by atoms with Gasteiger partial charge in [0.15, 0.2) is 0 Å². The lowest BCUT2D eigenvalue weighted by atomic mass is 10.3. The van der Waals surface area contributed by atoms with E-state index in [0.29, 0.717) is 23.3 Å². The zero-order valence-electron chi connectivity index (χ0n) is 10.5. The van der Waals surface area contributed by atoms with Crippen LogP contribution >= 0.6 is 11.8 Å². The van der Waals surface area contributed by atoms with Crippen LogP contribution in [0.3, 0.4) is 0 Å². The molecule has 6 nitrogen and oxygen atoms in total. The molecule has 0 radical (unpaired) electrons. The van der Waals surface area contributed by atoms with Crippen LogP contribution in [0.15, 0.2) is 26.4 Å². The first-order valence-corrected chi connectivity index (χ1v) is 6.76. The van der Waals surface area contributed by atoms with Crippen LogP contribution in [0.2, 0.25) is 0 Å². The fraction of sp³-hybridized carbons (Fsp3) is 0.417. The first kappa shape index (κ1) is 12.3. The van der Waals surface area contributed by atoms with Gasteiger partial charge in [-0.05, 0) is 31.7 Å². The molecule has 2 aromatic rings. The summed E-state index contributed by atoms with van der Waals surface area (Å²) in [7, 11) is 0. The maximum atomic E-state index is 11.5. The van der Waals surface area contributed by atoms with Crippen molar-refractivity contribution in [3.05, 3.63) is 18.1 Å². The summed E-state index contributed by atoms with van der Waals surface area (Å²) in [5.41, 5.74) is 0.765. The fourth-order valence-corrected chi connectivity index (χ4v) is 2.89. The van der Waals surface area contributed by atoms with Crippen molar-refractivity contribution in [2.75, 3.05) is 0 Å². The van der Waals surface area contributed by atoms with Crippen LogP contribution in [-0.2, 0) is 9.53 Å². The predicted molar refractivity (Wildman–Crippen MR) is 66.6 cm³/mol. The molecule has 3 heterocycles. The van der Waals surface area contributed by atoms with Crippen molar-refractivity contribution >= 4 is 17.7 Å². The Morgan fingerprint density at radius 1 is 1.42 bits per heavy atom. The smallest absolute Gasteiger partial charge is 0.320 e. The lowest BCUT2D eigenvalue weighted by Crippen LogP contribution is -2.09. The molecule has 0 bridgehead atoms. The number of nitrogens with zero attached hydrogens (tertiary/aromatic N) is 2. The third-order valence-electron chi connectivity index (χ3n) is 2.86. The molecule has 0 aromatic carbocycles. The van der Waals surface area contributed by atoms with Crippen molar-refractivity contribution in [2.45, 2.75) is 36.8 Å². The van der Waals surface area contributed by atoms with Crippen LogP contribution in [0.1, 0.15) is 19.1 Å². The van der Waals surface area contributed by atoms with Gasteiger partial charge in [0.25, 0.3) is 11.1 Å². The molecule has 1 aliphatic rings. The molecule has 1 saturated heterocycles. The summed E-state index contributed by atoms with van der Waals surface area (Å²) in [6, 6.07) is 1.77. The maximum absolute atomic E-state index is 11.5. The number of carbonyl (C=O) groups is 1. The SMILES string of the molecule is Cc1occc1-c1nnc(S[C@H]2C[C@H](C)OC2=O)o1. The molecular formula is C12H12N2O4S. The Kier molecular flexibility index (Phi) is 3.06. The van der Waals surface area contributed by atoms with Crippen LogP contribution in [-0.4, -0.2) is 27.5 Å². The standard InChI is InChI=1S/C12H12N2O4S/c1-6-5-9(11(15)17-6)19-12-14-13-10(18-12)8-3-4-16-7(8)2/h3-4,6,9H,5H2,1-2H3/t6-,9-/m0/s1. The van der Waals surface area contributed by atoms with Gasteiger partial charge < -0.3 is 13.6 Å². The Labute approximate surface area is 113 Å². The van der Waals surface area contributed by atoms with E-state index < -0.39 is 0 Å². The van der Waals surface area contributed by atoms with Crippen molar-refractivity contribution in [1.29, 1.82) is 0 Å². The van der Waals surface area contributed by atoms with E-state index in [-0.39, 0.29) is 17.3 Å². The summed E-state index contributed by atoms with van der Waals surface area (Å²) < 4.78 is 15.8. The minimum atomic E-state index is -0.270. The molecule has 0 N–H and O–H groups in total. The number of thioether (sulfide) groups is 1. The Morgan fingerprint density at radius 2 is 2.26 bits per heavy atom. The van der Waals surface area contributed by atoms with E-state index in [1.54, 1.807) is 12.3 Å². The van der Waals surface area contributed by atoms with Crippen LogP contribution in [0.25, 0.3) is 11.5 Å². The minimum Gasteiger partial charge on any atom is -0.469 e. The van der Waals surface area contributed by atoms with Crippen molar-refractivity contribution < 1.29 is 18.4 Å². The Bertz CT molecular complexity index is 606. The van der Waals surface area contributed by atoms with Crippen molar-refractivity contribution in [3.8, 4) is 11.5 Å². The fourth-order valence-electron chi connectivity index (χ4n) is 1.91. The molecule has 2 atom stereocenters. The van der Waals surface area contributed by atoms with Gasteiger partial charge in [0, 0.05) is 6.42 Å². The second-order valence-corrected chi connectivity index (χ2v) is 5.51. The zero-order valence-corrected chi connectivity index (χ0v) is 11.3. The van der Waals surface area contributed by atoms with Gasteiger partial charge in [-0.25, -0.2) is 0 Å². The van der Waals surface area contributed by atoms with E-state index in [0.717, 1.165) is 5.56 Å². The molecule has 2 aromatic heterocycles. The zero-order chi connectivity index (χ0) is 13.4. The molecule has 0 saturated carbocycles. The highest BCUT2D eigenvalue weighted by Crippen LogP contribution is 2.33. The van der Waals surface area contributed by atoms with E-state index in [1.165, 1.54) is 11.8 Å². The number of furan rings is 1. The van der Waals surface area contributed by atoms with E-state index in [4.69, 9.17) is 13.6 Å². The highest BCUT2D eigenvalue weighted by molar-refractivity contribution is 8.00. The van der Waals surface area contributed by atoms with Crippen molar-refractivity contribution in [3.63, 3.8) is 0 Å². The number of aromatic nitrogens is 2. The van der Waals surface area contributed by atoms with Gasteiger partial charge in [0.05, 0.1) is 11.8 Å². The highest BCUT2D eigenvalue weighted by atomic mass is 32.2. The van der Waals surface area contributed by atoms with Crippen molar-refractivity contribution in [1.82, 2.24) is 10.2 Å². The summed E-state index contributed by atoms with van der Waals surface area (Å²) in [6.07, 6.45) is 2.17. The first-order chi connectivity index (χ1) is 9.13. The largest absolute Gasteiger partial charge is 0.469 e. The second-order valence-electron chi connectivity index (χ2n) is 4.35. The molecule has 3 rings (SSSR count). The number of carbonyl (C=O) groups excluding carboxylic acids is 1. The van der Waals surface area contributed by atoms with E-state index in [2.05, 4.69) is 10.2 Å². The molecule has 0 spiro atoms. The van der Waals surface area contributed by atoms with Crippen LogP contribution < -0.4 is 0 Å².